The summed E-state index contributed by atoms with van der Waals surface area (Å²) in [6.07, 6.45) is 0. The number of benzene rings is 2. The van der Waals surface area contributed by atoms with Crippen LogP contribution in [0.3, 0.4) is 0 Å². The summed E-state index contributed by atoms with van der Waals surface area (Å²) in [6, 6.07) is 13.9. The highest BCUT2D eigenvalue weighted by Crippen LogP contribution is 2.32. The van der Waals surface area contributed by atoms with E-state index >= 15 is 0 Å². The zero-order valence-corrected chi connectivity index (χ0v) is 16.4. The van der Waals surface area contributed by atoms with Crippen molar-refractivity contribution < 1.29 is 9.59 Å². The molecule has 1 unspecified atom stereocenters. The van der Waals surface area contributed by atoms with Crippen molar-refractivity contribution in [2.45, 2.75) is 13.0 Å². The topological polar surface area (TPSA) is 70.2 Å². The summed E-state index contributed by atoms with van der Waals surface area (Å²) < 4.78 is 1.75. The number of halogens is 2. The zero-order chi connectivity index (χ0) is 18.0. The molecule has 0 saturated heterocycles. The van der Waals surface area contributed by atoms with Crippen LogP contribution in [-0.4, -0.2) is 11.9 Å². The fourth-order valence-electron chi connectivity index (χ4n) is 2.67. The van der Waals surface area contributed by atoms with E-state index in [0.717, 1.165) is 14.5 Å². The number of nitrogens with one attached hydrogen (secondary N) is 3. The van der Waals surface area contributed by atoms with Crippen molar-refractivity contribution in [3.8, 4) is 0 Å². The summed E-state index contributed by atoms with van der Waals surface area (Å²) in [6.45, 7) is 1.72. The number of allylic oxidation sites excluding steroid dienone is 1. The molecule has 0 saturated carbocycles. The van der Waals surface area contributed by atoms with Crippen molar-refractivity contribution in [3.63, 3.8) is 0 Å². The van der Waals surface area contributed by atoms with Gasteiger partial charge in [-0.1, -0.05) is 50.1 Å². The van der Waals surface area contributed by atoms with E-state index in [1.807, 2.05) is 36.4 Å². The molecule has 0 radical (unpaired) electrons. The molecule has 2 aromatic carbocycles. The zero-order valence-electron chi connectivity index (χ0n) is 13.3. The number of carbonyl (C=O) groups is 2. The lowest BCUT2D eigenvalue weighted by atomic mass is 9.95. The molecule has 2 aromatic rings. The highest BCUT2D eigenvalue weighted by Gasteiger charge is 2.32. The normalized spacial score (nSPS) is 16.9. The average Bonchev–Trinajstić information content (AvgIpc) is 2.56. The number of urea groups is 1. The van der Waals surface area contributed by atoms with E-state index in [4.69, 9.17) is 0 Å². The van der Waals surface area contributed by atoms with Crippen molar-refractivity contribution in [2.24, 2.45) is 0 Å². The summed E-state index contributed by atoms with van der Waals surface area (Å²) in [5, 5.41) is 8.37. The Morgan fingerprint density at radius 2 is 1.76 bits per heavy atom. The minimum absolute atomic E-state index is 0.270. The quantitative estimate of drug-likeness (QED) is 0.626. The first kappa shape index (κ1) is 17.7. The molecule has 25 heavy (non-hydrogen) atoms. The summed E-state index contributed by atoms with van der Waals surface area (Å²) in [5.41, 5.74) is 2.49. The maximum atomic E-state index is 12.9. The van der Waals surface area contributed by atoms with E-state index < -0.39 is 6.04 Å². The smallest absolute Gasteiger partial charge is 0.319 e. The molecule has 5 nitrogen and oxygen atoms in total. The van der Waals surface area contributed by atoms with Gasteiger partial charge >= 0.3 is 6.03 Å². The predicted octanol–water partition coefficient (Wildman–Crippen LogP) is 4.48. The molecule has 1 heterocycles. The van der Waals surface area contributed by atoms with E-state index in [1.165, 1.54) is 0 Å². The number of hydrogen-bond acceptors (Lipinski definition) is 2. The minimum Gasteiger partial charge on any atom is -0.327 e. The maximum Gasteiger partial charge on any atom is 0.319 e. The lowest BCUT2D eigenvalue weighted by Crippen LogP contribution is -2.46. The third-order valence-corrected chi connectivity index (χ3v) is 5.08. The average molecular weight is 465 g/mol. The molecule has 0 bridgehead atoms. The van der Waals surface area contributed by atoms with E-state index in [1.54, 1.807) is 19.1 Å². The van der Waals surface area contributed by atoms with E-state index in [0.29, 0.717) is 17.0 Å². The molecule has 3 N–H and O–H groups in total. The Hall–Kier alpha value is -2.12. The van der Waals surface area contributed by atoms with E-state index in [2.05, 4.69) is 47.8 Å². The Labute approximate surface area is 162 Å². The molecule has 1 aliphatic heterocycles. The van der Waals surface area contributed by atoms with Crippen molar-refractivity contribution >= 4 is 49.5 Å². The number of hydrogen-bond donors (Lipinski definition) is 3. The Kier molecular flexibility index (Phi) is 5.24. The predicted molar refractivity (Wildman–Crippen MR) is 104 cm³/mol. The highest BCUT2D eigenvalue weighted by atomic mass is 79.9. The molecule has 0 aliphatic carbocycles. The van der Waals surface area contributed by atoms with Crippen molar-refractivity contribution in [1.82, 2.24) is 10.6 Å². The molecule has 1 aliphatic rings. The first-order valence-corrected chi connectivity index (χ1v) is 9.14. The minimum atomic E-state index is -0.542. The second kappa shape index (κ2) is 7.41. The molecule has 7 heteroatoms. The van der Waals surface area contributed by atoms with Gasteiger partial charge in [0.05, 0.1) is 11.6 Å². The lowest BCUT2D eigenvalue weighted by Gasteiger charge is -2.29. The van der Waals surface area contributed by atoms with Gasteiger partial charge in [-0.15, -0.1) is 0 Å². The lowest BCUT2D eigenvalue weighted by molar-refractivity contribution is -0.113. The summed E-state index contributed by atoms with van der Waals surface area (Å²) in [5.74, 6) is -0.270. The highest BCUT2D eigenvalue weighted by molar-refractivity contribution is 9.10. The maximum absolute atomic E-state index is 12.9. The van der Waals surface area contributed by atoms with Crippen LogP contribution < -0.4 is 16.0 Å². The van der Waals surface area contributed by atoms with Crippen LogP contribution in [0.5, 0.6) is 0 Å². The van der Waals surface area contributed by atoms with Crippen molar-refractivity contribution in [1.29, 1.82) is 0 Å². The van der Waals surface area contributed by atoms with Gasteiger partial charge in [0.25, 0.3) is 5.91 Å². The van der Waals surface area contributed by atoms with Gasteiger partial charge in [-0.3, -0.25) is 4.79 Å². The van der Waals surface area contributed by atoms with Crippen LogP contribution in [0.25, 0.3) is 0 Å². The number of anilines is 1. The number of rotatable bonds is 3. The van der Waals surface area contributed by atoms with Crippen LogP contribution in [0, 0.1) is 0 Å². The van der Waals surface area contributed by atoms with Gasteiger partial charge < -0.3 is 16.0 Å². The van der Waals surface area contributed by atoms with Crippen LogP contribution in [-0.2, 0) is 4.79 Å². The summed E-state index contributed by atoms with van der Waals surface area (Å²) >= 11 is 6.86. The molecule has 128 valence electrons. The standard InChI is InChI=1S/C18H15Br2N3O2/c1-10-15(17(24)22-12-8-6-11(19)7-9-12)16(23-18(25)21-10)13-4-2-3-5-14(13)20/h2-9,16H,1H3,(H,22,24)(H2,21,23,25). The summed E-state index contributed by atoms with van der Waals surface area (Å²) in [4.78, 5) is 24.8. The van der Waals surface area contributed by atoms with E-state index in [9.17, 15) is 9.59 Å². The van der Waals surface area contributed by atoms with Gasteiger partial charge in [-0.25, -0.2) is 4.79 Å². The first-order chi connectivity index (χ1) is 12.0. The Bertz CT molecular complexity index is 863. The molecule has 3 rings (SSSR count). The fourth-order valence-corrected chi connectivity index (χ4v) is 3.45. The third kappa shape index (κ3) is 3.93. The summed E-state index contributed by atoms with van der Waals surface area (Å²) in [7, 11) is 0. The molecular formula is C18H15Br2N3O2. The van der Waals surface area contributed by atoms with Gasteiger partial charge in [-0.2, -0.15) is 0 Å². The Balaban J connectivity index is 1.96. The monoisotopic (exact) mass is 463 g/mol. The van der Waals surface area contributed by atoms with Gasteiger partial charge in [0, 0.05) is 20.3 Å². The second-order valence-corrected chi connectivity index (χ2v) is 7.32. The van der Waals surface area contributed by atoms with Crippen molar-refractivity contribution in [3.05, 3.63) is 74.3 Å². The first-order valence-electron chi connectivity index (χ1n) is 7.55. The Morgan fingerprint density at radius 3 is 2.44 bits per heavy atom. The molecule has 0 fully saturated rings. The second-order valence-electron chi connectivity index (χ2n) is 5.55. The van der Waals surface area contributed by atoms with Gasteiger partial charge in [0.2, 0.25) is 0 Å². The van der Waals surface area contributed by atoms with Gasteiger partial charge in [0.15, 0.2) is 0 Å². The number of carbonyl (C=O) groups excluding carboxylic acids is 2. The number of amides is 3. The van der Waals surface area contributed by atoms with Crippen molar-refractivity contribution in [2.75, 3.05) is 5.32 Å². The van der Waals surface area contributed by atoms with Gasteiger partial charge in [-0.05, 0) is 42.8 Å². The molecule has 3 amide bonds. The molecule has 0 aromatic heterocycles. The Morgan fingerprint density at radius 1 is 1.08 bits per heavy atom. The van der Waals surface area contributed by atoms with Gasteiger partial charge in [0.1, 0.15) is 0 Å². The molecular weight excluding hydrogens is 450 g/mol. The third-order valence-electron chi connectivity index (χ3n) is 3.83. The van der Waals surface area contributed by atoms with Crippen LogP contribution in [0.15, 0.2) is 68.7 Å². The molecule has 1 atom stereocenters. The van der Waals surface area contributed by atoms with Crippen LogP contribution in [0.4, 0.5) is 10.5 Å². The van der Waals surface area contributed by atoms with Crippen LogP contribution in [0.2, 0.25) is 0 Å². The van der Waals surface area contributed by atoms with Crippen LogP contribution >= 0.6 is 31.9 Å². The van der Waals surface area contributed by atoms with Crippen LogP contribution in [0.1, 0.15) is 18.5 Å². The molecule has 0 spiro atoms. The largest absolute Gasteiger partial charge is 0.327 e. The SMILES string of the molecule is CC1=C(C(=O)Nc2ccc(Br)cc2)C(c2ccccc2Br)NC(=O)N1. The fraction of sp³-hybridized carbons (Fsp3) is 0.111. The van der Waals surface area contributed by atoms with E-state index in [-0.39, 0.29) is 11.9 Å².